The van der Waals surface area contributed by atoms with Crippen LogP contribution in [0.3, 0.4) is 0 Å². The molecule has 0 unspecified atom stereocenters. The lowest BCUT2D eigenvalue weighted by Gasteiger charge is -2.33. The highest BCUT2D eigenvalue weighted by atomic mass is 16.4. The molecule has 5 nitrogen and oxygen atoms in total. The minimum absolute atomic E-state index is 0.120. The van der Waals surface area contributed by atoms with E-state index in [0.29, 0.717) is 12.0 Å². The fourth-order valence-electron chi connectivity index (χ4n) is 3.29. The van der Waals surface area contributed by atoms with Crippen LogP contribution in [0.1, 0.15) is 51.4 Å². The zero-order valence-electron chi connectivity index (χ0n) is 11.3. The van der Waals surface area contributed by atoms with Crippen molar-refractivity contribution in [3.05, 3.63) is 0 Å². The summed E-state index contributed by atoms with van der Waals surface area (Å²) >= 11 is 0. The van der Waals surface area contributed by atoms with Gasteiger partial charge in [0, 0.05) is 12.6 Å². The zero-order valence-corrected chi connectivity index (χ0v) is 11.3. The van der Waals surface area contributed by atoms with Crippen molar-refractivity contribution in [3.63, 3.8) is 0 Å². The second kappa shape index (κ2) is 4.69. The molecule has 0 aliphatic heterocycles. The van der Waals surface area contributed by atoms with Gasteiger partial charge in [-0.15, -0.1) is 0 Å². The van der Waals surface area contributed by atoms with E-state index in [1.54, 1.807) is 0 Å². The summed E-state index contributed by atoms with van der Waals surface area (Å²) in [5.74, 6) is 0.932. The molecule has 0 atom stereocenters. The number of oxime groups is 1. The van der Waals surface area contributed by atoms with Gasteiger partial charge in [0.2, 0.25) is 5.91 Å². The molecule has 0 radical (unpaired) electrons. The van der Waals surface area contributed by atoms with Gasteiger partial charge in [0.15, 0.2) is 5.84 Å². The summed E-state index contributed by atoms with van der Waals surface area (Å²) < 4.78 is 0. The summed E-state index contributed by atoms with van der Waals surface area (Å²) in [5.41, 5.74) is 5.16. The maximum atomic E-state index is 13.0. The minimum Gasteiger partial charge on any atom is -0.409 e. The third kappa shape index (κ3) is 2.30. The molecule has 3 aliphatic carbocycles. The van der Waals surface area contributed by atoms with Gasteiger partial charge in [0.25, 0.3) is 0 Å². The van der Waals surface area contributed by atoms with Crippen LogP contribution in [0.25, 0.3) is 0 Å². The summed E-state index contributed by atoms with van der Waals surface area (Å²) in [4.78, 5) is 15.0. The van der Waals surface area contributed by atoms with Crippen molar-refractivity contribution in [3.8, 4) is 0 Å². The molecule has 3 rings (SSSR count). The maximum absolute atomic E-state index is 13.0. The van der Waals surface area contributed by atoms with Gasteiger partial charge < -0.3 is 15.8 Å². The standard InChI is InChI=1S/C14H23N3O2/c15-12(16-19)14(7-1-2-8-14)13(18)17(11-5-6-11)9-10-3-4-10/h10-11,19H,1-9H2,(H2,15,16). The van der Waals surface area contributed by atoms with Gasteiger partial charge in [-0.05, 0) is 44.4 Å². The van der Waals surface area contributed by atoms with Crippen molar-refractivity contribution in [2.24, 2.45) is 22.2 Å². The van der Waals surface area contributed by atoms with Crippen LogP contribution in [0.15, 0.2) is 5.16 Å². The van der Waals surface area contributed by atoms with E-state index in [4.69, 9.17) is 10.9 Å². The highest BCUT2D eigenvalue weighted by molar-refractivity contribution is 6.07. The zero-order chi connectivity index (χ0) is 13.5. The number of carbonyl (C=O) groups is 1. The van der Waals surface area contributed by atoms with E-state index in [1.165, 1.54) is 12.8 Å². The number of amidine groups is 1. The lowest BCUT2D eigenvalue weighted by Crippen LogP contribution is -2.51. The van der Waals surface area contributed by atoms with Crippen molar-refractivity contribution in [1.82, 2.24) is 4.90 Å². The van der Waals surface area contributed by atoms with E-state index in [1.807, 2.05) is 4.90 Å². The predicted octanol–water partition coefficient (Wildman–Crippen LogP) is 1.69. The molecule has 3 N–H and O–H groups in total. The average molecular weight is 265 g/mol. The highest BCUT2D eigenvalue weighted by Crippen LogP contribution is 2.43. The molecule has 0 saturated heterocycles. The van der Waals surface area contributed by atoms with Crippen LogP contribution in [0, 0.1) is 11.3 Å². The van der Waals surface area contributed by atoms with Crippen molar-refractivity contribution >= 4 is 11.7 Å². The number of nitrogens with zero attached hydrogens (tertiary/aromatic N) is 2. The normalized spacial score (nSPS) is 26.4. The monoisotopic (exact) mass is 265 g/mol. The number of rotatable bonds is 5. The molecule has 106 valence electrons. The molecule has 0 aromatic heterocycles. The Hall–Kier alpha value is -1.26. The van der Waals surface area contributed by atoms with Crippen LogP contribution < -0.4 is 5.73 Å². The lowest BCUT2D eigenvalue weighted by molar-refractivity contribution is -0.139. The predicted molar refractivity (Wildman–Crippen MR) is 71.8 cm³/mol. The van der Waals surface area contributed by atoms with Crippen molar-refractivity contribution in [2.45, 2.75) is 57.4 Å². The van der Waals surface area contributed by atoms with Crippen LogP contribution in [-0.2, 0) is 4.79 Å². The fraction of sp³-hybridized carbons (Fsp3) is 0.857. The van der Waals surface area contributed by atoms with E-state index in [-0.39, 0.29) is 11.7 Å². The summed E-state index contributed by atoms with van der Waals surface area (Å²) in [6.07, 6.45) is 8.16. The molecule has 3 aliphatic rings. The Morgan fingerprint density at radius 3 is 2.37 bits per heavy atom. The molecule has 0 aromatic rings. The Kier molecular flexibility index (Phi) is 3.15. The molecule has 5 heteroatoms. The number of hydrogen-bond acceptors (Lipinski definition) is 3. The van der Waals surface area contributed by atoms with Gasteiger partial charge in [0.05, 0.1) is 0 Å². The topological polar surface area (TPSA) is 78.9 Å². The summed E-state index contributed by atoms with van der Waals surface area (Å²) in [6.45, 7) is 0.879. The Morgan fingerprint density at radius 1 is 1.26 bits per heavy atom. The minimum atomic E-state index is -0.716. The number of amides is 1. The lowest BCUT2D eigenvalue weighted by atomic mass is 9.83. The van der Waals surface area contributed by atoms with Gasteiger partial charge in [-0.3, -0.25) is 4.79 Å². The van der Waals surface area contributed by atoms with Crippen LogP contribution >= 0.6 is 0 Å². The molecular weight excluding hydrogens is 242 g/mol. The summed E-state index contributed by atoms with van der Waals surface area (Å²) in [5, 5.41) is 12.2. The van der Waals surface area contributed by atoms with Crippen LogP contribution in [-0.4, -0.2) is 34.4 Å². The molecule has 0 heterocycles. The van der Waals surface area contributed by atoms with Crippen molar-refractivity contribution in [1.29, 1.82) is 0 Å². The molecule has 3 saturated carbocycles. The van der Waals surface area contributed by atoms with Crippen LogP contribution in [0.5, 0.6) is 0 Å². The highest BCUT2D eigenvalue weighted by Gasteiger charge is 2.50. The summed E-state index contributed by atoms with van der Waals surface area (Å²) in [6, 6.07) is 0.414. The van der Waals surface area contributed by atoms with Gasteiger partial charge in [-0.2, -0.15) is 0 Å². The second-order valence-corrected chi connectivity index (χ2v) is 6.41. The molecule has 0 spiro atoms. The maximum Gasteiger partial charge on any atom is 0.236 e. The van der Waals surface area contributed by atoms with Gasteiger partial charge in [0.1, 0.15) is 5.41 Å². The smallest absolute Gasteiger partial charge is 0.236 e. The quantitative estimate of drug-likeness (QED) is 0.343. The molecular formula is C14H23N3O2. The van der Waals surface area contributed by atoms with Gasteiger partial charge in [-0.25, -0.2) is 0 Å². The van der Waals surface area contributed by atoms with Gasteiger partial charge in [-0.1, -0.05) is 18.0 Å². The SMILES string of the molecule is NC(=NO)C1(C(=O)N(CC2CC2)C2CC2)CCCC1. The van der Waals surface area contributed by atoms with E-state index in [9.17, 15) is 4.79 Å². The second-order valence-electron chi connectivity index (χ2n) is 6.41. The van der Waals surface area contributed by atoms with E-state index >= 15 is 0 Å². The number of nitrogens with two attached hydrogens (primary N) is 1. The van der Waals surface area contributed by atoms with Crippen molar-refractivity contribution < 1.29 is 10.0 Å². The van der Waals surface area contributed by atoms with Crippen LogP contribution in [0.4, 0.5) is 0 Å². The fourth-order valence-corrected chi connectivity index (χ4v) is 3.29. The van der Waals surface area contributed by atoms with Crippen LogP contribution in [0.2, 0.25) is 0 Å². The van der Waals surface area contributed by atoms with Gasteiger partial charge >= 0.3 is 0 Å². The molecule has 3 fully saturated rings. The molecule has 0 bridgehead atoms. The third-order valence-corrected chi connectivity index (χ3v) is 4.86. The molecule has 19 heavy (non-hydrogen) atoms. The molecule has 1 amide bonds. The first-order chi connectivity index (χ1) is 9.17. The van der Waals surface area contributed by atoms with E-state index < -0.39 is 5.41 Å². The number of carbonyl (C=O) groups excluding carboxylic acids is 1. The third-order valence-electron chi connectivity index (χ3n) is 4.86. The first kappa shape index (κ1) is 12.8. The Labute approximate surface area is 113 Å². The van der Waals surface area contributed by atoms with Crippen molar-refractivity contribution in [2.75, 3.05) is 6.54 Å². The first-order valence-electron chi connectivity index (χ1n) is 7.46. The largest absolute Gasteiger partial charge is 0.409 e. The summed E-state index contributed by atoms with van der Waals surface area (Å²) in [7, 11) is 0. The Balaban J connectivity index is 1.81. The van der Waals surface area contributed by atoms with E-state index in [0.717, 1.165) is 45.1 Å². The van der Waals surface area contributed by atoms with E-state index in [2.05, 4.69) is 5.16 Å². The Bertz CT molecular complexity index is 393. The molecule has 0 aromatic carbocycles. The average Bonchev–Trinajstić information content (AvgIpc) is 3.34. The first-order valence-corrected chi connectivity index (χ1v) is 7.46. The number of hydrogen-bond donors (Lipinski definition) is 2. The Morgan fingerprint density at radius 2 is 1.89 bits per heavy atom.